The van der Waals surface area contributed by atoms with E-state index in [1.807, 2.05) is 12.1 Å². The monoisotopic (exact) mass is 436 g/mol. The molecule has 2 atom stereocenters. The minimum Gasteiger partial charge on any atom is -0.454 e. The van der Waals surface area contributed by atoms with E-state index in [9.17, 15) is 9.59 Å². The molecule has 0 bridgehead atoms. The van der Waals surface area contributed by atoms with Crippen LogP contribution in [-0.2, 0) is 14.9 Å². The molecule has 2 heterocycles. The van der Waals surface area contributed by atoms with Crippen molar-refractivity contribution in [3.8, 4) is 11.5 Å². The first kappa shape index (κ1) is 20.8. The molecule has 2 amide bonds. The van der Waals surface area contributed by atoms with Crippen molar-refractivity contribution in [2.24, 2.45) is 11.8 Å². The summed E-state index contributed by atoms with van der Waals surface area (Å²) in [6.45, 7) is 4.12. The molecule has 0 aromatic heterocycles. The number of carbonyl (C=O) groups excluding carboxylic acids is 2. The number of hydrogen-bond donors (Lipinski definition) is 2. The van der Waals surface area contributed by atoms with Gasteiger partial charge >= 0.3 is 0 Å². The average molecular weight is 437 g/mol. The van der Waals surface area contributed by atoms with Gasteiger partial charge in [-0.05, 0) is 67.1 Å². The molecule has 7 heteroatoms. The van der Waals surface area contributed by atoms with Crippen LogP contribution in [0.3, 0.4) is 0 Å². The van der Waals surface area contributed by atoms with Crippen LogP contribution >= 0.6 is 0 Å². The van der Waals surface area contributed by atoms with E-state index in [0.29, 0.717) is 36.9 Å². The van der Waals surface area contributed by atoms with Crippen molar-refractivity contribution in [1.29, 1.82) is 0 Å². The molecule has 3 aliphatic rings. The van der Waals surface area contributed by atoms with E-state index in [4.69, 9.17) is 14.2 Å². The molecule has 0 unspecified atom stereocenters. The van der Waals surface area contributed by atoms with Crippen molar-refractivity contribution < 1.29 is 23.8 Å². The smallest absolute Gasteiger partial charge is 0.251 e. The van der Waals surface area contributed by atoms with Gasteiger partial charge in [0.25, 0.3) is 5.91 Å². The van der Waals surface area contributed by atoms with E-state index in [-0.39, 0.29) is 29.9 Å². The molecule has 168 valence electrons. The van der Waals surface area contributed by atoms with Crippen molar-refractivity contribution in [3.63, 3.8) is 0 Å². The number of rotatable bonds is 6. The highest BCUT2D eigenvalue weighted by atomic mass is 16.7. The fraction of sp³-hybridized carbons (Fsp3) is 0.440. The fourth-order valence-corrected chi connectivity index (χ4v) is 4.53. The number of ether oxygens (including phenoxy) is 3. The molecule has 32 heavy (non-hydrogen) atoms. The first-order valence-corrected chi connectivity index (χ1v) is 11.2. The molecule has 2 aromatic carbocycles. The van der Waals surface area contributed by atoms with Gasteiger partial charge in [0.05, 0.1) is 0 Å². The van der Waals surface area contributed by atoms with Crippen LogP contribution in [0.2, 0.25) is 0 Å². The SMILES string of the molecule is C[C@H]1C[C@H]1C(=O)Nc1ccc(C(=O)NCC2(c3ccc4c(c3)OCO4)CCOCC2)cc1. The Morgan fingerprint density at radius 2 is 1.75 bits per heavy atom. The molecule has 5 rings (SSSR count). The van der Waals surface area contributed by atoms with Gasteiger partial charge in [-0.2, -0.15) is 0 Å². The van der Waals surface area contributed by atoms with Gasteiger partial charge in [0.2, 0.25) is 12.7 Å². The number of fused-ring (bicyclic) bond motifs is 1. The van der Waals surface area contributed by atoms with Gasteiger partial charge in [-0.1, -0.05) is 13.0 Å². The predicted octanol–water partition coefficient (Wildman–Crippen LogP) is 3.49. The highest BCUT2D eigenvalue weighted by Gasteiger charge is 2.39. The number of benzene rings is 2. The van der Waals surface area contributed by atoms with Gasteiger partial charge in [-0.25, -0.2) is 0 Å². The van der Waals surface area contributed by atoms with E-state index in [0.717, 1.165) is 36.3 Å². The second-order valence-electron chi connectivity index (χ2n) is 9.03. The van der Waals surface area contributed by atoms with E-state index in [1.54, 1.807) is 24.3 Å². The summed E-state index contributed by atoms with van der Waals surface area (Å²) >= 11 is 0. The second-order valence-corrected chi connectivity index (χ2v) is 9.03. The maximum atomic E-state index is 12.9. The maximum Gasteiger partial charge on any atom is 0.251 e. The number of anilines is 1. The van der Waals surface area contributed by atoms with Crippen LogP contribution in [-0.4, -0.2) is 38.4 Å². The third-order valence-corrected chi connectivity index (χ3v) is 6.88. The lowest BCUT2D eigenvalue weighted by Crippen LogP contribution is -2.44. The van der Waals surface area contributed by atoms with Crippen LogP contribution in [0.5, 0.6) is 11.5 Å². The number of amides is 2. The molecule has 1 saturated carbocycles. The molecular formula is C25H28N2O5. The predicted molar refractivity (Wildman–Crippen MR) is 119 cm³/mol. The topological polar surface area (TPSA) is 85.9 Å². The summed E-state index contributed by atoms with van der Waals surface area (Å²) in [5.41, 5.74) is 2.18. The van der Waals surface area contributed by atoms with Crippen molar-refractivity contribution in [1.82, 2.24) is 5.32 Å². The molecule has 2 aliphatic heterocycles. The lowest BCUT2D eigenvalue weighted by Gasteiger charge is -2.38. The van der Waals surface area contributed by atoms with Crippen molar-refractivity contribution in [2.75, 3.05) is 31.9 Å². The van der Waals surface area contributed by atoms with Gasteiger partial charge in [0.1, 0.15) is 0 Å². The van der Waals surface area contributed by atoms with Gasteiger partial charge < -0.3 is 24.8 Å². The molecule has 2 N–H and O–H groups in total. The van der Waals surface area contributed by atoms with Crippen LogP contribution in [0.1, 0.15) is 42.1 Å². The summed E-state index contributed by atoms with van der Waals surface area (Å²) in [6.07, 6.45) is 2.58. The zero-order valence-corrected chi connectivity index (χ0v) is 18.2. The summed E-state index contributed by atoms with van der Waals surface area (Å²) in [4.78, 5) is 25.0. The van der Waals surface area contributed by atoms with Crippen LogP contribution in [0.4, 0.5) is 5.69 Å². The summed E-state index contributed by atoms with van der Waals surface area (Å²) in [6, 6.07) is 13.1. The van der Waals surface area contributed by atoms with E-state index in [1.165, 1.54) is 0 Å². The number of nitrogens with one attached hydrogen (secondary N) is 2. The van der Waals surface area contributed by atoms with Crippen molar-refractivity contribution in [2.45, 2.75) is 31.6 Å². The number of carbonyl (C=O) groups is 2. The summed E-state index contributed by atoms with van der Waals surface area (Å²) in [5.74, 6) is 2.00. The molecule has 2 fully saturated rings. The van der Waals surface area contributed by atoms with E-state index in [2.05, 4.69) is 23.6 Å². The number of hydrogen-bond acceptors (Lipinski definition) is 5. The summed E-state index contributed by atoms with van der Waals surface area (Å²) in [5, 5.41) is 6.04. The highest BCUT2D eigenvalue weighted by Crippen LogP contribution is 2.41. The van der Waals surface area contributed by atoms with E-state index < -0.39 is 0 Å². The largest absolute Gasteiger partial charge is 0.454 e. The Hall–Kier alpha value is -3.06. The Morgan fingerprint density at radius 1 is 1.03 bits per heavy atom. The molecular weight excluding hydrogens is 408 g/mol. The molecule has 1 aliphatic carbocycles. The fourth-order valence-electron chi connectivity index (χ4n) is 4.53. The summed E-state index contributed by atoms with van der Waals surface area (Å²) in [7, 11) is 0. The minimum absolute atomic E-state index is 0.0555. The first-order chi connectivity index (χ1) is 15.5. The summed E-state index contributed by atoms with van der Waals surface area (Å²) < 4.78 is 16.6. The second kappa shape index (κ2) is 8.47. The van der Waals surface area contributed by atoms with Crippen LogP contribution in [0.25, 0.3) is 0 Å². The zero-order valence-electron chi connectivity index (χ0n) is 18.2. The molecule has 0 radical (unpaired) electrons. The Bertz CT molecular complexity index is 1010. The average Bonchev–Trinajstić information content (AvgIpc) is 3.37. The van der Waals surface area contributed by atoms with Crippen LogP contribution in [0.15, 0.2) is 42.5 Å². The molecule has 7 nitrogen and oxygen atoms in total. The van der Waals surface area contributed by atoms with Gasteiger partial charge in [0, 0.05) is 42.3 Å². The zero-order chi connectivity index (χ0) is 22.1. The van der Waals surface area contributed by atoms with Gasteiger partial charge in [-0.3, -0.25) is 9.59 Å². The minimum atomic E-state index is -0.218. The van der Waals surface area contributed by atoms with Crippen molar-refractivity contribution in [3.05, 3.63) is 53.6 Å². The Labute approximate surface area is 187 Å². The first-order valence-electron chi connectivity index (χ1n) is 11.2. The normalized spacial score (nSPS) is 22.8. The molecule has 2 aromatic rings. The van der Waals surface area contributed by atoms with Gasteiger partial charge in [0.15, 0.2) is 11.5 Å². The third-order valence-electron chi connectivity index (χ3n) is 6.88. The Morgan fingerprint density at radius 3 is 2.47 bits per heavy atom. The van der Waals surface area contributed by atoms with Crippen LogP contribution < -0.4 is 20.1 Å². The van der Waals surface area contributed by atoms with Crippen molar-refractivity contribution >= 4 is 17.5 Å². The molecule has 0 spiro atoms. The Kier molecular flexibility index (Phi) is 5.51. The lowest BCUT2D eigenvalue weighted by atomic mass is 9.74. The maximum absolute atomic E-state index is 12.9. The van der Waals surface area contributed by atoms with E-state index >= 15 is 0 Å². The lowest BCUT2D eigenvalue weighted by molar-refractivity contribution is -0.117. The molecule has 1 saturated heterocycles. The Balaban J connectivity index is 1.25. The highest BCUT2D eigenvalue weighted by molar-refractivity contribution is 5.97. The quantitative estimate of drug-likeness (QED) is 0.724. The van der Waals surface area contributed by atoms with Gasteiger partial charge in [-0.15, -0.1) is 0 Å². The third kappa shape index (κ3) is 4.17. The standard InChI is InChI=1S/C25H28N2O5/c1-16-12-20(16)24(29)27-19-5-2-17(3-6-19)23(28)26-14-25(8-10-30-11-9-25)18-4-7-21-22(13-18)32-15-31-21/h2-7,13,16,20H,8-12,14-15H2,1H3,(H,26,28)(H,27,29)/t16-,20+/m0/s1. The van der Waals surface area contributed by atoms with Crippen LogP contribution in [0, 0.1) is 11.8 Å².